The molecule has 0 spiro atoms. The van der Waals surface area contributed by atoms with Gasteiger partial charge in [0, 0.05) is 24.4 Å². The number of carbonyl (C=O) groups excluding carboxylic acids is 1. The van der Waals surface area contributed by atoms with Crippen LogP contribution in [0.3, 0.4) is 0 Å². The van der Waals surface area contributed by atoms with E-state index < -0.39 is 0 Å². The lowest BCUT2D eigenvalue weighted by Gasteiger charge is -2.32. The van der Waals surface area contributed by atoms with Crippen molar-refractivity contribution in [3.63, 3.8) is 0 Å². The molecule has 134 valence electrons. The first-order valence-electron chi connectivity index (χ1n) is 8.44. The number of aryl methyl sites for hydroxylation is 1. The molecule has 1 aliphatic rings. The summed E-state index contributed by atoms with van der Waals surface area (Å²) in [5.41, 5.74) is 1.52. The van der Waals surface area contributed by atoms with E-state index >= 15 is 0 Å². The second kappa shape index (κ2) is 8.13. The van der Waals surface area contributed by atoms with Gasteiger partial charge in [-0.1, -0.05) is 6.07 Å². The fourth-order valence-electron chi connectivity index (χ4n) is 2.67. The van der Waals surface area contributed by atoms with Crippen LogP contribution >= 0.6 is 0 Å². The Morgan fingerprint density at radius 3 is 3.12 bits per heavy atom. The molecule has 1 aromatic heterocycles. The van der Waals surface area contributed by atoms with E-state index in [1.165, 1.54) is 0 Å². The molecule has 1 atom stereocenters. The molecular weight excluding hydrogens is 322 g/mol. The number of nitrogens with one attached hydrogen (secondary N) is 1. The van der Waals surface area contributed by atoms with E-state index in [1.54, 1.807) is 11.1 Å². The van der Waals surface area contributed by atoms with Gasteiger partial charge in [0.05, 0.1) is 32.1 Å². The molecule has 7 heteroatoms. The van der Waals surface area contributed by atoms with Crippen LogP contribution < -0.4 is 5.32 Å². The number of ether oxygens (including phenoxy) is 2. The Labute approximate surface area is 146 Å². The van der Waals surface area contributed by atoms with E-state index in [2.05, 4.69) is 10.3 Å². The number of hydrogen-bond donors (Lipinski definition) is 1. The number of anilines is 1. The molecule has 1 unspecified atom stereocenters. The SMILES string of the molecule is CCOCC1CN(C(=O)Nc2cccc(-c3ncc(C)o3)c2)CCO1. The van der Waals surface area contributed by atoms with Gasteiger partial charge in [-0.3, -0.25) is 0 Å². The van der Waals surface area contributed by atoms with Crippen LogP contribution in [0.1, 0.15) is 12.7 Å². The minimum atomic E-state index is -0.148. The maximum atomic E-state index is 12.5. The number of oxazole rings is 1. The number of amides is 2. The minimum absolute atomic E-state index is 0.0823. The van der Waals surface area contributed by atoms with Gasteiger partial charge in [0.2, 0.25) is 5.89 Å². The maximum absolute atomic E-state index is 12.5. The van der Waals surface area contributed by atoms with Gasteiger partial charge in [-0.15, -0.1) is 0 Å². The van der Waals surface area contributed by atoms with E-state index in [4.69, 9.17) is 13.9 Å². The van der Waals surface area contributed by atoms with E-state index in [0.717, 1.165) is 11.3 Å². The van der Waals surface area contributed by atoms with Crippen molar-refractivity contribution in [3.8, 4) is 11.5 Å². The molecule has 1 saturated heterocycles. The van der Waals surface area contributed by atoms with Crippen LogP contribution in [-0.2, 0) is 9.47 Å². The molecule has 2 aromatic rings. The third kappa shape index (κ3) is 4.58. The van der Waals surface area contributed by atoms with Gasteiger partial charge in [-0.2, -0.15) is 0 Å². The lowest BCUT2D eigenvalue weighted by molar-refractivity contribution is -0.0555. The number of benzene rings is 1. The summed E-state index contributed by atoms with van der Waals surface area (Å²) in [7, 11) is 0. The summed E-state index contributed by atoms with van der Waals surface area (Å²) in [6.45, 7) is 6.52. The monoisotopic (exact) mass is 345 g/mol. The van der Waals surface area contributed by atoms with E-state index in [-0.39, 0.29) is 12.1 Å². The Morgan fingerprint density at radius 2 is 2.36 bits per heavy atom. The summed E-state index contributed by atoms with van der Waals surface area (Å²) in [4.78, 5) is 18.5. The zero-order valence-electron chi connectivity index (χ0n) is 14.5. The molecule has 1 fully saturated rings. The molecular formula is C18H23N3O4. The van der Waals surface area contributed by atoms with Gasteiger partial charge in [-0.25, -0.2) is 9.78 Å². The number of nitrogens with zero attached hydrogens (tertiary/aromatic N) is 2. The Balaban J connectivity index is 1.62. The smallest absolute Gasteiger partial charge is 0.322 e. The highest BCUT2D eigenvalue weighted by Gasteiger charge is 2.24. The summed E-state index contributed by atoms with van der Waals surface area (Å²) < 4.78 is 16.5. The standard InChI is InChI=1S/C18H23N3O4/c1-3-23-12-16-11-21(7-8-24-16)18(22)20-15-6-4-5-14(9-15)17-19-10-13(2)25-17/h4-6,9-10,16H,3,7-8,11-12H2,1-2H3,(H,20,22). The number of morpholine rings is 1. The van der Waals surface area contributed by atoms with Gasteiger partial charge >= 0.3 is 6.03 Å². The second-order valence-corrected chi connectivity index (χ2v) is 5.89. The van der Waals surface area contributed by atoms with Crippen molar-refractivity contribution in [2.75, 3.05) is 38.2 Å². The predicted molar refractivity (Wildman–Crippen MR) is 93.5 cm³/mol. The first-order valence-corrected chi connectivity index (χ1v) is 8.44. The van der Waals surface area contributed by atoms with Gasteiger partial charge < -0.3 is 24.1 Å². The molecule has 1 aromatic carbocycles. The first kappa shape index (κ1) is 17.4. The predicted octanol–water partition coefficient (Wildman–Crippen LogP) is 2.92. The Bertz CT molecular complexity index is 716. The highest BCUT2D eigenvalue weighted by atomic mass is 16.5. The van der Waals surface area contributed by atoms with Crippen molar-refractivity contribution in [2.45, 2.75) is 20.0 Å². The molecule has 0 bridgehead atoms. The average molecular weight is 345 g/mol. The summed E-state index contributed by atoms with van der Waals surface area (Å²) in [6.07, 6.45) is 1.59. The fraction of sp³-hybridized carbons (Fsp3) is 0.444. The van der Waals surface area contributed by atoms with E-state index in [0.29, 0.717) is 44.5 Å². The topological polar surface area (TPSA) is 76.8 Å². The van der Waals surface area contributed by atoms with Crippen molar-refractivity contribution in [1.82, 2.24) is 9.88 Å². The first-order chi connectivity index (χ1) is 12.2. The molecule has 25 heavy (non-hydrogen) atoms. The number of aromatic nitrogens is 1. The van der Waals surface area contributed by atoms with Crippen LogP contribution in [0.4, 0.5) is 10.5 Å². The van der Waals surface area contributed by atoms with Crippen LogP contribution in [0.5, 0.6) is 0 Å². The largest absolute Gasteiger partial charge is 0.441 e. The van der Waals surface area contributed by atoms with Crippen molar-refractivity contribution in [2.24, 2.45) is 0 Å². The number of hydrogen-bond acceptors (Lipinski definition) is 5. The summed E-state index contributed by atoms with van der Waals surface area (Å²) in [5.74, 6) is 1.29. The van der Waals surface area contributed by atoms with E-state index in [9.17, 15) is 4.79 Å². The quantitative estimate of drug-likeness (QED) is 0.901. The molecule has 0 saturated carbocycles. The molecule has 2 heterocycles. The summed E-state index contributed by atoms with van der Waals surface area (Å²) in [6, 6.07) is 7.30. The maximum Gasteiger partial charge on any atom is 0.322 e. The Hall–Kier alpha value is -2.38. The third-order valence-electron chi connectivity index (χ3n) is 3.92. The van der Waals surface area contributed by atoms with Crippen molar-refractivity contribution < 1.29 is 18.7 Å². The van der Waals surface area contributed by atoms with Crippen LogP contribution in [0.15, 0.2) is 34.9 Å². The van der Waals surface area contributed by atoms with Crippen LogP contribution in [0, 0.1) is 6.92 Å². The summed E-state index contributed by atoms with van der Waals surface area (Å²) in [5, 5.41) is 2.93. The van der Waals surface area contributed by atoms with Crippen molar-refractivity contribution in [1.29, 1.82) is 0 Å². The fourth-order valence-corrected chi connectivity index (χ4v) is 2.67. The molecule has 0 aliphatic carbocycles. The van der Waals surface area contributed by atoms with Gasteiger partial charge in [0.1, 0.15) is 5.76 Å². The Kier molecular flexibility index (Phi) is 5.67. The van der Waals surface area contributed by atoms with E-state index in [1.807, 2.05) is 38.1 Å². The molecule has 7 nitrogen and oxygen atoms in total. The highest BCUT2D eigenvalue weighted by molar-refractivity contribution is 5.90. The third-order valence-corrected chi connectivity index (χ3v) is 3.92. The highest BCUT2D eigenvalue weighted by Crippen LogP contribution is 2.22. The molecule has 2 amide bonds. The average Bonchev–Trinajstić information content (AvgIpc) is 3.07. The van der Waals surface area contributed by atoms with Crippen LogP contribution in [0.25, 0.3) is 11.5 Å². The lowest BCUT2D eigenvalue weighted by Crippen LogP contribution is -2.48. The molecule has 3 rings (SSSR count). The summed E-state index contributed by atoms with van der Waals surface area (Å²) >= 11 is 0. The van der Waals surface area contributed by atoms with Gasteiger partial charge in [-0.05, 0) is 32.0 Å². The lowest BCUT2D eigenvalue weighted by atomic mass is 10.2. The van der Waals surface area contributed by atoms with Gasteiger partial charge in [0.15, 0.2) is 0 Å². The number of rotatable bonds is 5. The minimum Gasteiger partial charge on any atom is -0.441 e. The zero-order valence-corrected chi connectivity index (χ0v) is 14.5. The normalized spacial score (nSPS) is 17.5. The van der Waals surface area contributed by atoms with Gasteiger partial charge in [0.25, 0.3) is 0 Å². The molecule has 1 N–H and O–H groups in total. The van der Waals surface area contributed by atoms with Crippen molar-refractivity contribution >= 4 is 11.7 Å². The number of urea groups is 1. The second-order valence-electron chi connectivity index (χ2n) is 5.89. The molecule has 0 radical (unpaired) electrons. The van der Waals surface area contributed by atoms with Crippen LogP contribution in [0.2, 0.25) is 0 Å². The van der Waals surface area contributed by atoms with Crippen LogP contribution in [-0.4, -0.2) is 54.9 Å². The van der Waals surface area contributed by atoms with Crippen molar-refractivity contribution in [3.05, 3.63) is 36.2 Å². The Morgan fingerprint density at radius 1 is 1.48 bits per heavy atom. The zero-order chi connectivity index (χ0) is 17.6. The number of carbonyl (C=O) groups is 1. The molecule has 1 aliphatic heterocycles.